The standard InChI is InChI=1S/C18H20N2OSi/c1-13-17(20-18(21-13)22(2,3)4)15-10-11-19-16(12-15)14-8-6-5-7-9-14/h5-12H,1-4H3/i1D3. The van der Waals surface area contributed by atoms with Crippen LogP contribution in [0.5, 0.6) is 0 Å². The van der Waals surface area contributed by atoms with E-state index in [4.69, 9.17) is 8.53 Å². The zero-order chi connectivity index (χ0) is 18.2. The fourth-order valence-corrected chi connectivity index (χ4v) is 3.04. The summed E-state index contributed by atoms with van der Waals surface area (Å²) in [6.07, 6.45) is 1.67. The molecule has 3 nitrogen and oxygen atoms in total. The summed E-state index contributed by atoms with van der Waals surface area (Å²) in [5.41, 5.74) is 3.37. The molecular weight excluding hydrogens is 288 g/mol. The molecule has 0 aliphatic heterocycles. The van der Waals surface area contributed by atoms with E-state index in [1.165, 1.54) is 0 Å². The molecule has 0 fully saturated rings. The number of hydrogen-bond acceptors (Lipinski definition) is 3. The zero-order valence-corrected chi connectivity index (χ0v) is 13.9. The molecule has 4 heteroatoms. The summed E-state index contributed by atoms with van der Waals surface area (Å²) in [6.45, 7) is 3.88. The van der Waals surface area contributed by atoms with Gasteiger partial charge in [-0.3, -0.25) is 4.98 Å². The molecule has 112 valence electrons. The second-order valence-corrected chi connectivity index (χ2v) is 11.2. The monoisotopic (exact) mass is 311 g/mol. The molecule has 0 bridgehead atoms. The van der Waals surface area contributed by atoms with Gasteiger partial charge in [0.2, 0.25) is 0 Å². The van der Waals surface area contributed by atoms with E-state index in [0.717, 1.165) is 11.3 Å². The minimum Gasteiger partial charge on any atom is -0.450 e. The summed E-state index contributed by atoms with van der Waals surface area (Å²) < 4.78 is 29.1. The van der Waals surface area contributed by atoms with E-state index in [1.54, 1.807) is 12.3 Å². The Morgan fingerprint density at radius 3 is 2.50 bits per heavy atom. The van der Waals surface area contributed by atoms with Crippen LogP contribution in [-0.4, -0.2) is 18.0 Å². The lowest BCUT2D eigenvalue weighted by atomic mass is 10.1. The molecule has 3 aromatic rings. The molecule has 0 aliphatic rings. The fourth-order valence-electron chi connectivity index (χ4n) is 2.18. The Bertz CT molecular complexity index is 883. The molecule has 0 atom stereocenters. The first-order valence-corrected chi connectivity index (χ1v) is 10.7. The third kappa shape index (κ3) is 2.87. The maximum absolute atomic E-state index is 7.80. The maximum atomic E-state index is 7.80. The Balaban J connectivity index is 2.15. The predicted molar refractivity (Wildman–Crippen MR) is 92.9 cm³/mol. The minimum atomic E-state index is -2.35. The lowest BCUT2D eigenvalue weighted by Crippen LogP contribution is -2.38. The van der Waals surface area contributed by atoms with Crippen molar-refractivity contribution in [2.45, 2.75) is 26.5 Å². The van der Waals surface area contributed by atoms with Crippen LogP contribution in [0.15, 0.2) is 53.1 Å². The topological polar surface area (TPSA) is 38.9 Å². The molecule has 1 aromatic carbocycles. The SMILES string of the molecule is [2H]C([2H])([2H])c1oc([Si](C)(C)C)nc1-c1ccnc(-c2ccccc2)c1. The van der Waals surface area contributed by atoms with Crippen molar-refractivity contribution in [2.75, 3.05) is 0 Å². The smallest absolute Gasteiger partial charge is 0.166 e. The van der Waals surface area contributed by atoms with Crippen LogP contribution in [0.1, 0.15) is 9.87 Å². The van der Waals surface area contributed by atoms with Gasteiger partial charge in [-0.25, -0.2) is 4.98 Å². The van der Waals surface area contributed by atoms with E-state index in [-0.39, 0.29) is 5.76 Å². The number of aromatic nitrogens is 2. The minimum absolute atomic E-state index is 0.0462. The Labute approximate surface area is 136 Å². The molecule has 0 radical (unpaired) electrons. The first-order chi connectivity index (χ1) is 11.7. The van der Waals surface area contributed by atoms with Crippen LogP contribution in [0, 0.1) is 6.85 Å². The van der Waals surface area contributed by atoms with E-state index in [0.29, 0.717) is 16.8 Å². The third-order valence-corrected chi connectivity index (χ3v) is 4.87. The summed E-state index contributed by atoms with van der Waals surface area (Å²) in [7, 11) is -1.88. The Morgan fingerprint density at radius 2 is 1.82 bits per heavy atom. The van der Waals surface area contributed by atoms with E-state index < -0.39 is 14.9 Å². The van der Waals surface area contributed by atoms with Gasteiger partial charge in [-0.05, 0) is 19.0 Å². The molecule has 0 saturated heterocycles. The van der Waals surface area contributed by atoms with Gasteiger partial charge in [0.25, 0.3) is 0 Å². The normalized spacial score (nSPS) is 14.2. The Morgan fingerprint density at radius 1 is 1.05 bits per heavy atom. The number of rotatable bonds is 3. The molecule has 0 unspecified atom stereocenters. The maximum Gasteiger partial charge on any atom is 0.166 e. The summed E-state index contributed by atoms with van der Waals surface area (Å²) in [6, 6.07) is 13.4. The molecule has 0 spiro atoms. The van der Waals surface area contributed by atoms with Gasteiger partial charge >= 0.3 is 0 Å². The number of pyridine rings is 1. The van der Waals surface area contributed by atoms with Gasteiger partial charge in [-0.15, -0.1) is 0 Å². The molecule has 2 aromatic heterocycles. The average molecular weight is 311 g/mol. The quantitative estimate of drug-likeness (QED) is 0.679. The van der Waals surface area contributed by atoms with E-state index in [9.17, 15) is 0 Å². The molecule has 3 rings (SSSR count). The van der Waals surface area contributed by atoms with Crippen molar-refractivity contribution < 1.29 is 8.53 Å². The van der Waals surface area contributed by atoms with Crippen LogP contribution < -0.4 is 5.51 Å². The van der Waals surface area contributed by atoms with Crippen molar-refractivity contribution in [1.29, 1.82) is 0 Å². The van der Waals surface area contributed by atoms with Gasteiger partial charge in [0.05, 0.1) is 5.69 Å². The molecular formula is C18H20N2OSi. The van der Waals surface area contributed by atoms with Crippen molar-refractivity contribution in [2.24, 2.45) is 0 Å². The zero-order valence-electron chi connectivity index (χ0n) is 15.9. The molecule has 22 heavy (non-hydrogen) atoms. The van der Waals surface area contributed by atoms with Crippen LogP contribution in [0.2, 0.25) is 19.6 Å². The summed E-state index contributed by atoms with van der Waals surface area (Å²) in [4.78, 5) is 8.95. The average Bonchev–Trinajstić information content (AvgIpc) is 3.02. The number of nitrogens with zero attached hydrogens (tertiary/aromatic N) is 2. The summed E-state index contributed by atoms with van der Waals surface area (Å²) in [5, 5.41) is 0. The second-order valence-electron chi connectivity index (χ2n) is 6.24. The van der Waals surface area contributed by atoms with Crippen molar-refractivity contribution in [1.82, 2.24) is 9.97 Å². The molecule has 0 amide bonds. The number of benzene rings is 1. The van der Waals surface area contributed by atoms with Gasteiger partial charge in [-0.1, -0.05) is 50.0 Å². The number of hydrogen-bond donors (Lipinski definition) is 0. The number of aryl methyl sites for hydroxylation is 1. The highest BCUT2D eigenvalue weighted by molar-refractivity contribution is 6.87. The van der Waals surface area contributed by atoms with Crippen LogP contribution in [0.3, 0.4) is 0 Å². The van der Waals surface area contributed by atoms with Gasteiger partial charge < -0.3 is 4.42 Å². The molecule has 0 aliphatic carbocycles. The first kappa shape index (κ1) is 11.4. The second kappa shape index (κ2) is 5.53. The molecule has 2 heterocycles. The van der Waals surface area contributed by atoms with E-state index in [2.05, 4.69) is 29.6 Å². The van der Waals surface area contributed by atoms with Gasteiger partial charge in [-0.2, -0.15) is 0 Å². The van der Waals surface area contributed by atoms with Crippen LogP contribution >= 0.6 is 0 Å². The highest BCUT2D eigenvalue weighted by atomic mass is 28.3. The van der Waals surface area contributed by atoms with Crippen LogP contribution in [0.25, 0.3) is 22.5 Å². The summed E-state index contributed by atoms with van der Waals surface area (Å²) >= 11 is 0. The lowest BCUT2D eigenvalue weighted by molar-refractivity contribution is 0.558. The van der Waals surface area contributed by atoms with Gasteiger partial charge in [0.15, 0.2) is 5.51 Å². The van der Waals surface area contributed by atoms with Crippen LogP contribution in [-0.2, 0) is 0 Å². The first-order valence-electron chi connectivity index (χ1n) is 8.70. The predicted octanol–water partition coefficient (Wildman–Crippen LogP) is 4.26. The van der Waals surface area contributed by atoms with Crippen LogP contribution in [0.4, 0.5) is 0 Å². The van der Waals surface area contributed by atoms with Crippen molar-refractivity contribution >= 4 is 13.6 Å². The summed E-state index contributed by atoms with van der Waals surface area (Å²) in [5.74, 6) is -0.0462. The van der Waals surface area contributed by atoms with Gasteiger partial charge in [0, 0.05) is 21.4 Å². The molecule has 0 N–H and O–H groups in total. The number of oxazole rings is 1. The third-order valence-electron chi connectivity index (χ3n) is 3.37. The van der Waals surface area contributed by atoms with Crippen molar-refractivity contribution in [3.8, 4) is 22.5 Å². The highest BCUT2D eigenvalue weighted by Gasteiger charge is 2.25. The highest BCUT2D eigenvalue weighted by Crippen LogP contribution is 2.25. The Hall–Kier alpha value is -2.20. The Kier molecular flexibility index (Phi) is 2.86. The van der Waals surface area contributed by atoms with Crippen molar-refractivity contribution in [3.05, 3.63) is 54.4 Å². The van der Waals surface area contributed by atoms with E-state index in [1.807, 2.05) is 36.4 Å². The fraction of sp³-hybridized carbons (Fsp3) is 0.222. The van der Waals surface area contributed by atoms with Crippen molar-refractivity contribution in [3.63, 3.8) is 0 Å². The molecule has 0 saturated carbocycles. The van der Waals surface area contributed by atoms with Gasteiger partial charge in [0.1, 0.15) is 19.5 Å². The lowest BCUT2D eigenvalue weighted by Gasteiger charge is -2.08. The van der Waals surface area contributed by atoms with E-state index >= 15 is 0 Å². The largest absolute Gasteiger partial charge is 0.450 e.